The minimum absolute atomic E-state index is 0.0273. The van der Waals surface area contributed by atoms with Crippen molar-refractivity contribution < 1.29 is 38.0 Å². The maximum absolute atomic E-state index is 15.5. The van der Waals surface area contributed by atoms with Crippen molar-refractivity contribution in [2.75, 3.05) is 0 Å². The molecule has 14 heteroatoms. The van der Waals surface area contributed by atoms with E-state index in [1.165, 1.54) is 41.2 Å². The number of fused-ring (bicyclic) bond motifs is 9. The van der Waals surface area contributed by atoms with Crippen LogP contribution in [-0.2, 0) is 0 Å². The van der Waals surface area contributed by atoms with Crippen molar-refractivity contribution in [1.29, 1.82) is 5.26 Å². The predicted octanol–water partition coefficient (Wildman–Crippen LogP) is 3.56. The quantitative estimate of drug-likeness (QED) is 0.295. The standard InChI is InChI=1S/C29H23F3N6O5/c1-28(12-33)7-13(8-28)25-34-9-14(10-35-25)16-5-19-23-17-6-20(24(23)36-37(19)11-18(16)30)38(29(40,41)42)26(39)15-3-2-4-21(22(15)17)43-27(31)32/h2-5,9-11,13,17,20,27,40-42H,6-8H2,1H3. The van der Waals surface area contributed by atoms with E-state index in [0.29, 0.717) is 40.2 Å². The van der Waals surface area contributed by atoms with E-state index in [-0.39, 0.29) is 40.5 Å². The third-order valence-electron chi connectivity index (χ3n) is 8.64. The number of aromatic nitrogens is 4. The van der Waals surface area contributed by atoms with E-state index in [4.69, 9.17) is 4.74 Å². The van der Waals surface area contributed by atoms with Crippen molar-refractivity contribution in [3.05, 3.63) is 76.9 Å². The molecule has 2 unspecified atom stereocenters. The number of halogens is 3. The van der Waals surface area contributed by atoms with E-state index in [1.54, 1.807) is 0 Å². The van der Waals surface area contributed by atoms with Crippen molar-refractivity contribution in [2.45, 2.75) is 56.8 Å². The summed E-state index contributed by atoms with van der Waals surface area (Å²) in [6.07, 6.45) is 1.67. The lowest BCUT2D eigenvalue weighted by Gasteiger charge is -2.38. The fraction of sp³-hybridized carbons (Fsp3) is 0.345. The number of benzene rings is 1. The summed E-state index contributed by atoms with van der Waals surface area (Å²) in [4.78, 5) is 22.7. The van der Waals surface area contributed by atoms with Gasteiger partial charge in [0, 0.05) is 52.0 Å². The lowest BCUT2D eigenvalue weighted by Crippen LogP contribution is -2.53. The van der Waals surface area contributed by atoms with Gasteiger partial charge in [0.05, 0.1) is 34.9 Å². The lowest BCUT2D eigenvalue weighted by atomic mass is 9.64. The minimum Gasteiger partial charge on any atom is -0.434 e. The number of hydrogen-bond donors (Lipinski definition) is 3. The van der Waals surface area contributed by atoms with E-state index in [9.17, 15) is 34.2 Å². The molecule has 2 bridgehead atoms. The van der Waals surface area contributed by atoms with Crippen LogP contribution in [0.1, 0.15) is 77.1 Å². The first-order chi connectivity index (χ1) is 20.4. The summed E-state index contributed by atoms with van der Waals surface area (Å²) in [6, 6.07) is 6.47. The van der Waals surface area contributed by atoms with Crippen LogP contribution in [0, 0.1) is 22.6 Å². The molecular weight excluding hydrogens is 569 g/mol. The molecule has 0 radical (unpaired) electrons. The molecule has 2 aliphatic carbocycles. The van der Waals surface area contributed by atoms with Crippen molar-refractivity contribution in [3.8, 4) is 22.9 Å². The van der Waals surface area contributed by atoms with Crippen molar-refractivity contribution in [2.24, 2.45) is 5.41 Å². The SMILES string of the molecule is CC1(C#N)CC(c2ncc(-c3cc4c5c(nn4cc3F)C3CC5c4c(OC(F)F)cccc4C(=O)N3C(O)(O)O)cn2)C1. The number of aliphatic hydroxyl groups is 3. The zero-order valence-electron chi connectivity index (χ0n) is 22.4. The highest BCUT2D eigenvalue weighted by atomic mass is 19.3. The van der Waals surface area contributed by atoms with Gasteiger partial charge in [-0.15, -0.1) is 0 Å². The third kappa shape index (κ3) is 4.15. The molecule has 3 N–H and O–H groups in total. The number of nitriles is 1. The number of carbonyl (C=O) groups excluding carboxylic acids is 1. The van der Waals surface area contributed by atoms with Gasteiger partial charge in [-0.25, -0.2) is 18.9 Å². The number of carbonyl (C=O) groups is 1. The zero-order chi connectivity index (χ0) is 30.4. The second-order valence-corrected chi connectivity index (χ2v) is 11.4. The predicted molar refractivity (Wildman–Crippen MR) is 140 cm³/mol. The normalized spacial score (nSPS) is 24.4. The van der Waals surface area contributed by atoms with Crippen LogP contribution in [-0.4, -0.2) is 58.4 Å². The van der Waals surface area contributed by atoms with Crippen molar-refractivity contribution >= 4 is 11.4 Å². The topological polar surface area (TPSA) is 157 Å². The van der Waals surface area contributed by atoms with E-state index in [2.05, 4.69) is 21.1 Å². The Balaban J connectivity index is 1.37. The second-order valence-electron chi connectivity index (χ2n) is 11.4. The van der Waals surface area contributed by atoms with Crippen LogP contribution in [0.5, 0.6) is 5.75 Å². The van der Waals surface area contributed by atoms with Crippen LogP contribution in [0.15, 0.2) is 42.9 Å². The summed E-state index contributed by atoms with van der Waals surface area (Å²) in [7, 11) is 0. The molecule has 1 aliphatic heterocycles. The molecule has 7 rings (SSSR count). The zero-order valence-corrected chi connectivity index (χ0v) is 22.4. The third-order valence-corrected chi connectivity index (χ3v) is 8.64. The number of nitrogens with zero attached hydrogens (tertiary/aromatic N) is 6. The van der Waals surface area contributed by atoms with Crippen LogP contribution in [0.2, 0.25) is 0 Å². The van der Waals surface area contributed by atoms with E-state index >= 15 is 4.39 Å². The molecular formula is C29H23F3N6O5. The molecule has 1 amide bonds. The molecule has 1 fully saturated rings. The Morgan fingerprint density at radius 2 is 1.88 bits per heavy atom. The van der Waals surface area contributed by atoms with Gasteiger partial charge in [-0.3, -0.25) is 9.69 Å². The fourth-order valence-corrected chi connectivity index (χ4v) is 6.77. The summed E-state index contributed by atoms with van der Waals surface area (Å²) in [5, 5.41) is 44.3. The van der Waals surface area contributed by atoms with Crippen LogP contribution in [0.4, 0.5) is 13.2 Å². The first-order valence-electron chi connectivity index (χ1n) is 13.4. The molecule has 1 aromatic carbocycles. The minimum atomic E-state index is -3.62. The largest absolute Gasteiger partial charge is 0.434 e. The smallest absolute Gasteiger partial charge is 0.387 e. The molecule has 11 nitrogen and oxygen atoms in total. The number of pyridine rings is 1. The van der Waals surface area contributed by atoms with Crippen LogP contribution < -0.4 is 4.74 Å². The number of alkyl halides is 2. The van der Waals surface area contributed by atoms with E-state index < -0.39 is 41.8 Å². The molecule has 220 valence electrons. The van der Waals surface area contributed by atoms with Crippen LogP contribution in [0.25, 0.3) is 16.6 Å². The summed E-state index contributed by atoms with van der Waals surface area (Å²) in [5.74, 6) is -2.25. The Hall–Kier alpha value is -4.58. The molecule has 3 aromatic heterocycles. The number of rotatable bonds is 5. The summed E-state index contributed by atoms with van der Waals surface area (Å²) in [6.45, 7) is -1.34. The maximum Gasteiger partial charge on any atom is 0.387 e. The van der Waals surface area contributed by atoms with Gasteiger partial charge in [0.15, 0.2) is 0 Å². The number of amides is 1. The molecule has 1 saturated carbocycles. The lowest BCUT2D eigenvalue weighted by molar-refractivity contribution is -0.385. The Morgan fingerprint density at radius 3 is 2.53 bits per heavy atom. The van der Waals surface area contributed by atoms with E-state index in [0.717, 1.165) is 6.20 Å². The molecule has 2 atom stereocenters. The van der Waals surface area contributed by atoms with E-state index in [1.807, 2.05) is 6.92 Å². The molecule has 3 aliphatic rings. The highest BCUT2D eigenvalue weighted by molar-refractivity contribution is 5.98. The Labute approximate surface area is 241 Å². The number of ether oxygens (including phenoxy) is 1. The first kappa shape index (κ1) is 27.3. The maximum atomic E-state index is 15.5. The Morgan fingerprint density at radius 1 is 1.16 bits per heavy atom. The van der Waals surface area contributed by atoms with Crippen molar-refractivity contribution in [1.82, 2.24) is 24.5 Å². The van der Waals surface area contributed by atoms with Crippen LogP contribution in [0.3, 0.4) is 0 Å². The monoisotopic (exact) mass is 592 g/mol. The summed E-state index contributed by atoms with van der Waals surface area (Å²) < 4.78 is 48.2. The van der Waals surface area contributed by atoms with Gasteiger partial charge in [-0.2, -0.15) is 19.1 Å². The molecule has 4 aromatic rings. The molecule has 0 saturated heterocycles. The van der Waals surface area contributed by atoms with Gasteiger partial charge >= 0.3 is 12.7 Å². The molecule has 0 spiro atoms. The van der Waals surface area contributed by atoms with Gasteiger partial charge in [-0.05, 0) is 44.4 Å². The first-order valence-corrected chi connectivity index (χ1v) is 13.4. The van der Waals surface area contributed by atoms with Gasteiger partial charge in [0.2, 0.25) is 0 Å². The highest BCUT2D eigenvalue weighted by Gasteiger charge is 2.52. The fourth-order valence-electron chi connectivity index (χ4n) is 6.77. The Kier molecular flexibility index (Phi) is 5.84. The molecule has 4 heterocycles. The Bertz CT molecular complexity index is 1840. The van der Waals surface area contributed by atoms with Crippen LogP contribution >= 0.6 is 0 Å². The van der Waals surface area contributed by atoms with Gasteiger partial charge in [0.1, 0.15) is 17.4 Å². The van der Waals surface area contributed by atoms with Gasteiger partial charge in [-0.1, -0.05) is 6.07 Å². The average Bonchev–Trinajstić information content (AvgIpc) is 3.42. The average molecular weight is 593 g/mol. The van der Waals surface area contributed by atoms with Gasteiger partial charge in [0.25, 0.3) is 5.91 Å². The van der Waals surface area contributed by atoms with Gasteiger partial charge < -0.3 is 20.1 Å². The second kappa shape index (κ2) is 9.21. The highest BCUT2D eigenvalue weighted by Crippen LogP contribution is 2.55. The number of hydrogen-bond acceptors (Lipinski definition) is 9. The van der Waals surface area contributed by atoms with Crippen molar-refractivity contribution in [3.63, 3.8) is 0 Å². The molecule has 43 heavy (non-hydrogen) atoms. The summed E-state index contributed by atoms with van der Waals surface area (Å²) in [5.41, 5.74) is 0.866. The summed E-state index contributed by atoms with van der Waals surface area (Å²) >= 11 is 0.